The highest BCUT2D eigenvalue weighted by Crippen LogP contribution is 2.38. The molecule has 0 spiro atoms. The number of nitrogens with zero attached hydrogens (tertiary/aromatic N) is 5. The first-order valence-corrected chi connectivity index (χ1v) is 13.3. The highest BCUT2D eigenvalue weighted by molar-refractivity contribution is 5.87. The van der Waals surface area contributed by atoms with E-state index in [4.69, 9.17) is 15.8 Å². The van der Waals surface area contributed by atoms with E-state index >= 15 is 0 Å². The predicted octanol–water partition coefficient (Wildman–Crippen LogP) is 3.73. The van der Waals surface area contributed by atoms with Crippen LogP contribution in [0.4, 0.5) is 21.6 Å². The smallest absolute Gasteiger partial charge is 0.181 e. The Morgan fingerprint density at radius 1 is 1.20 bits per heavy atom. The number of hydrogen-bond acceptors (Lipinski definition) is 9. The van der Waals surface area contributed by atoms with Crippen LogP contribution in [0.1, 0.15) is 32.3 Å². The van der Waals surface area contributed by atoms with Gasteiger partial charge in [0, 0.05) is 49.2 Å². The molecule has 0 bridgehead atoms. The minimum atomic E-state index is -0.914. The minimum absolute atomic E-state index is 0.0281. The number of halogens is 1. The second-order valence-electron chi connectivity index (χ2n) is 10.7. The van der Waals surface area contributed by atoms with E-state index in [0.717, 1.165) is 48.7 Å². The summed E-state index contributed by atoms with van der Waals surface area (Å²) in [6.45, 7) is 5.42. The van der Waals surface area contributed by atoms with Gasteiger partial charge in [0.25, 0.3) is 0 Å². The van der Waals surface area contributed by atoms with Gasteiger partial charge in [0.05, 0.1) is 33.9 Å². The van der Waals surface area contributed by atoms with Gasteiger partial charge in [-0.3, -0.25) is 10.2 Å². The summed E-state index contributed by atoms with van der Waals surface area (Å²) in [4.78, 5) is 12.0. The van der Waals surface area contributed by atoms with Crippen LogP contribution in [0.3, 0.4) is 0 Å². The van der Waals surface area contributed by atoms with Crippen LogP contribution < -0.4 is 26.8 Å². The van der Waals surface area contributed by atoms with Crippen molar-refractivity contribution in [2.45, 2.75) is 38.3 Å². The summed E-state index contributed by atoms with van der Waals surface area (Å²) in [6, 6.07) is 12.4. The fraction of sp³-hybridized carbons (Fsp3) is 0.345. The maximum Gasteiger partial charge on any atom is 0.181 e. The molecule has 0 saturated carbocycles. The molecule has 208 valence electrons. The molecule has 2 aromatic heterocycles. The Bertz CT molecular complexity index is 1570. The zero-order chi connectivity index (χ0) is 28.4. The standard InChI is InChI=1S/C29H34FN9O/c1-29(2,40)17-35-23-9-8-19(14-24(23)37-32)26-25(18-6-7-20(15-31)22(30)13-18)36-28-27(34-10-12-39(26)28)38-11-4-5-21(16-38)33-3/h6-10,12-14,21,33,35,37,40H,4-5,11,16-17,32H2,1-3H3/t21-/m1/s1. The zero-order valence-electron chi connectivity index (χ0n) is 22.9. The number of aliphatic hydroxyl groups is 1. The number of nitrogen functional groups attached to an aromatic ring is 1. The molecule has 3 heterocycles. The number of hydrazine groups is 1. The number of anilines is 3. The first-order chi connectivity index (χ1) is 19.2. The molecule has 0 amide bonds. The van der Waals surface area contributed by atoms with E-state index in [1.165, 1.54) is 12.1 Å². The molecular formula is C29H34FN9O. The third-order valence-corrected chi connectivity index (χ3v) is 7.18. The van der Waals surface area contributed by atoms with Crippen LogP contribution in [0, 0.1) is 17.1 Å². The second-order valence-corrected chi connectivity index (χ2v) is 10.7. The third-order valence-electron chi connectivity index (χ3n) is 7.18. The molecule has 11 heteroatoms. The Labute approximate surface area is 232 Å². The summed E-state index contributed by atoms with van der Waals surface area (Å²) in [5.41, 5.74) is 6.42. The molecule has 40 heavy (non-hydrogen) atoms. The van der Waals surface area contributed by atoms with Gasteiger partial charge in [0.1, 0.15) is 11.9 Å². The van der Waals surface area contributed by atoms with Crippen LogP contribution in [0.5, 0.6) is 0 Å². The molecule has 2 aromatic carbocycles. The van der Waals surface area contributed by atoms with Gasteiger partial charge >= 0.3 is 0 Å². The molecule has 1 aliphatic heterocycles. The number of piperidine rings is 1. The fourth-order valence-electron chi connectivity index (χ4n) is 5.10. The number of aromatic nitrogens is 3. The number of hydrogen-bond donors (Lipinski definition) is 5. The molecule has 1 aliphatic rings. The maximum atomic E-state index is 14.8. The lowest BCUT2D eigenvalue weighted by molar-refractivity contribution is 0.0945. The van der Waals surface area contributed by atoms with Gasteiger partial charge < -0.3 is 26.1 Å². The van der Waals surface area contributed by atoms with Crippen molar-refractivity contribution in [1.29, 1.82) is 5.26 Å². The Kier molecular flexibility index (Phi) is 7.58. The SMILES string of the molecule is CN[C@@H]1CCCN(c2nccn3c(-c4ccc(NCC(C)(C)O)c(NN)c4)c(-c4ccc(C#N)c(F)c4)nc23)C1. The Balaban J connectivity index is 1.69. The van der Waals surface area contributed by atoms with Crippen LogP contribution in [0.25, 0.3) is 28.2 Å². The summed E-state index contributed by atoms with van der Waals surface area (Å²) >= 11 is 0. The van der Waals surface area contributed by atoms with Crippen molar-refractivity contribution in [2.24, 2.45) is 5.84 Å². The number of benzene rings is 2. The predicted molar refractivity (Wildman–Crippen MR) is 155 cm³/mol. The van der Waals surface area contributed by atoms with Gasteiger partial charge in [-0.05, 0) is 58.0 Å². The second kappa shape index (κ2) is 11.1. The van der Waals surface area contributed by atoms with E-state index in [1.54, 1.807) is 26.1 Å². The Morgan fingerprint density at radius 3 is 2.70 bits per heavy atom. The van der Waals surface area contributed by atoms with Crippen molar-refractivity contribution in [3.8, 4) is 28.6 Å². The van der Waals surface area contributed by atoms with Gasteiger partial charge in [0.15, 0.2) is 11.5 Å². The summed E-state index contributed by atoms with van der Waals surface area (Å²) in [6.07, 6.45) is 5.72. The summed E-state index contributed by atoms with van der Waals surface area (Å²) in [5.74, 6) is 6.04. The van der Waals surface area contributed by atoms with Gasteiger partial charge in [-0.1, -0.05) is 12.1 Å². The average Bonchev–Trinajstić information content (AvgIpc) is 3.35. The molecule has 6 N–H and O–H groups in total. The molecule has 4 aromatic rings. The molecule has 1 atom stereocenters. The number of rotatable bonds is 8. The molecule has 10 nitrogen and oxygen atoms in total. The van der Waals surface area contributed by atoms with Crippen molar-refractivity contribution in [3.63, 3.8) is 0 Å². The lowest BCUT2D eigenvalue weighted by Crippen LogP contribution is -2.44. The highest BCUT2D eigenvalue weighted by atomic mass is 19.1. The normalized spacial score (nSPS) is 15.7. The van der Waals surface area contributed by atoms with Crippen molar-refractivity contribution in [2.75, 3.05) is 42.3 Å². The van der Waals surface area contributed by atoms with Crippen molar-refractivity contribution < 1.29 is 9.50 Å². The van der Waals surface area contributed by atoms with Gasteiger partial charge in [-0.15, -0.1) is 0 Å². The molecular weight excluding hydrogens is 509 g/mol. The molecule has 1 fully saturated rings. The van der Waals surface area contributed by atoms with Crippen LogP contribution in [-0.4, -0.2) is 57.8 Å². The van der Waals surface area contributed by atoms with Crippen LogP contribution >= 0.6 is 0 Å². The molecule has 0 radical (unpaired) electrons. The summed E-state index contributed by atoms with van der Waals surface area (Å²) in [5, 5.41) is 26.0. The van der Waals surface area contributed by atoms with Crippen molar-refractivity contribution in [3.05, 3.63) is 60.2 Å². The number of likely N-dealkylation sites (N-methyl/N-ethyl adjacent to an activating group) is 1. The van der Waals surface area contributed by atoms with Crippen molar-refractivity contribution in [1.82, 2.24) is 19.7 Å². The van der Waals surface area contributed by atoms with E-state index in [-0.39, 0.29) is 5.56 Å². The minimum Gasteiger partial charge on any atom is -0.389 e. The number of nitriles is 1. The lowest BCUT2D eigenvalue weighted by Gasteiger charge is -2.33. The molecule has 5 rings (SSSR count). The summed E-state index contributed by atoms with van der Waals surface area (Å²) < 4.78 is 16.8. The molecule has 1 saturated heterocycles. The van der Waals surface area contributed by atoms with Gasteiger partial charge in [-0.25, -0.2) is 14.4 Å². The Hall–Kier alpha value is -4.24. The van der Waals surface area contributed by atoms with E-state index in [1.807, 2.05) is 41.9 Å². The van der Waals surface area contributed by atoms with Crippen LogP contribution in [0.2, 0.25) is 0 Å². The third kappa shape index (κ3) is 5.42. The topological polar surface area (TPSA) is 140 Å². The number of imidazole rings is 1. The largest absolute Gasteiger partial charge is 0.389 e. The zero-order valence-corrected chi connectivity index (χ0v) is 22.9. The lowest BCUT2D eigenvalue weighted by atomic mass is 10.0. The van der Waals surface area contributed by atoms with Gasteiger partial charge in [0.2, 0.25) is 0 Å². The average molecular weight is 544 g/mol. The molecule has 0 aliphatic carbocycles. The quantitative estimate of drug-likeness (QED) is 0.166. The Morgan fingerprint density at radius 2 is 2.00 bits per heavy atom. The number of nitrogens with one attached hydrogen (secondary N) is 3. The van der Waals surface area contributed by atoms with Crippen LogP contribution in [-0.2, 0) is 0 Å². The maximum absolute atomic E-state index is 14.8. The van der Waals surface area contributed by atoms with Gasteiger partial charge in [-0.2, -0.15) is 5.26 Å². The first-order valence-electron chi connectivity index (χ1n) is 13.3. The number of nitrogens with two attached hydrogens (primary N) is 1. The van der Waals surface area contributed by atoms with E-state index in [2.05, 4.69) is 21.0 Å². The summed E-state index contributed by atoms with van der Waals surface area (Å²) in [7, 11) is 1.97. The van der Waals surface area contributed by atoms with E-state index in [9.17, 15) is 14.8 Å². The fourth-order valence-corrected chi connectivity index (χ4v) is 5.10. The van der Waals surface area contributed by atoms with E-state index < -0.39 is 11.4 Å². The van der Waals surface area contributed by atoms with E-state index in [0.29, 0.717) is 35.2 Å². The monoisotopic (exact) mass is 543 g/mol. The van der Waals surface area contributed by atoms with Crippen molar-refractivity contribution >= 4 is 22.8 Å². The molecule has 0 unspecified atom stereocenters. The highest BCUT2D eigenvalue weighted by Gasteiger charge is 2.26. The first kappa shape index (κ1) is 27.3. The van der Waals surface area contributed by atoms with Crippen LogP contribution in [0.15, 0.2) is 48.8 Å². The number of fused-ring (bicyclic) bond motifs is 1.